The normalized spacial score (nSPS) is 25.3. The summed E-state index contributed by atoms with van der Waals surface area (Å²) in [6.45, 7) is 9.16. The molecular formula is C17H25N3S. The number of hydrogen-bond donors (Lipinski definition) is 1. The zero-order valence-corrected chi connectivity index (χ0v) is 14.0. The summed E-state index contributed by atoms with van der Waals surface area (Å²) in [5, 5.41) is 3.68. The van der Waals surface area contributed by atoms with Gasteiger partial charge in [-0.1, -0.05) is 19.9 Å². The van der Waals surface area contributed by atoms with Crippen molar-refractivity contribution in [2.75, 3.05) is 13.1 Å². The number of fused-ring (bicyclic) bond motifs is 1. The molecule has 1 saturated heterocycles. The predicted molar refractivity (Wildman–Crippen MR) is 90.9 cm³/mol. The molecule has 3 rings (SSSR count). The predicted octanol–water partition coefficient (Wildman–Crippen LogP) is 3.82. The van der Waals surface area contributed by atoms with Crippen LogP contribution < -0.4 is 5.32 Å². The van der Waals surface area contributed by atoms with Crippen molar-refractivity contribution in [1.29, 1.82) is 0 Å². The third kappa shape index (κ3) is 2.98. The molecule has 3 atom stereocenters. The van der Waals surface area contributed by atoms with Crippen LogP contribution >= 0.6 is 11.3 Å². The average molecular weight is 303 g/mol. The number of rotatable bonds is 4. The maximum absolute atomic E-state index is 4.46. The molecule has 2 heterocycles. The first kappa shape index (κ1) is 14.9. The van der Waals surface area contributed by atoms with Gasteiger partial charge < -0.3 is 5.32 Å². The lowest BCUT2D eigenvalue weighted by atomic mass is 9.99. The first-order valence-corrected chi connectivity index (χ1v) is 8.93. The third-order valence-electron chi connectivity index (χ3n) is 4.84. The molecule has 3 nitrogen and oxygen atoms in total. The van der Waals surface area contributed by atoms with E-state index in [1.165, 1.54) is 23.1 Å². The maximum atomic E-state index is 4.46. The zero-order valence-electron chi connectivity index (χ0n) is 13.2. The van der Waals surface area contributed by atoms with Crippen LogP contribution in [-0.4, -0.2) is 35.1 Å². The Morgan fingerprint density at radius 1 is 1.38 bits per heavy atom. The molecule has 0 aliphatic carbocycles. The summed E-state index contributed by atoms with van der Waals surface area (Å²) in [6, 6.07) is 8.48. The molecule has 0 spiro atoms. The van der Waals surface area contributed by atoms with Crippen molar-refractivity contribution in [3.05, 3.63) is 29.3 Å². The molecule has 1 aromatic heterocycles. The van der Waals surface area contributed by atoms with E-state index in [0.717, 1.165) is 18.6 Å². The number of thiazole rings is 1. The average Bonchev–Trinajstić information content (AvgIpc) is 3.01. The van der Waals surface area contributed by atoms with Crippen LogP contribution in [0.15, 0.2) is 23.7 Å². The Balaban J connectivity index is 1.85. The fraction of sp³-hybridized carbons (Fsp3) is 0.588. The molecule has 0 radical (unpaired) electrons. The van der Waals surface area contributed by atoms with Gasteiger partial charge in [0.15, 0.2) is 0 Å². The van der Waals surface area contributed by atoms with Gasteiger partial charge >= 0.3 is 0 Å². The Hall–Kier alpha value is -0.970. The Morgan fingerprint density at radius 2 is 2.24 bits per heavy atom. The lowest BCUT2D eigenvalue weighted by Gasteiger charge is -2.43. The monoisotopic (exact) mass is 303 g/mol. The molecule has 0 saturated carbocycles. The number of benzene rings is 1. The Morgan fingerprint density at radius 3 is 3.00 bits per heavy atom. The zero-order chi connectivity index (χ0) is 14.8. The van der Waals surface area contributed by atoms with Gasteiger partial charge in [-0.2, -0.15) is 0 Å². The van der Waals surface area contributed by atoms with Gasteiger partial charge in [-0.3, -0.25) is 4.90 Å². The van der Waals surface area contributed by atoms with Crippen LogP contribution in [0.3, 0.4) is 0 Å². The molecule has 0 amide bonds. The fourth-order valence-electron chi connectivity index (χ4n) is 3.34. The van der Waals surface area contributed by atoms with E-state index in [2.05, 4.69) is 54.2 Å². The second kappa shape index (κ2) is 6.42. The largest absolute Gasteiger partial charge is 0.311 e. The van der Waals surface area contributed by atoms with Gasteiger partial charge in [-0.25, -0.2) is 4.98 Å². The highest BCUT2D eigenvalue weighted by molar-refractivity contribution is 7.16. The molecule has 1 N–H and O–H groups in total. The topological polar surface area (TPSA) is 28.2 Å². The van der Waals surface area contributed by atoms with E-state index < -0.39 is 0 Å². The summed E-state index contributed by atoms with van der Waals surface area (Å²) >= 11 is 1.72. The minimum absolute atomic E-state index is 0.456. The summed E-state index contributed by atoms with van der Waals surface area (Å²) in [6.07, 6.45) is 2.40. The summed E-state index contributed by atoms with van der Waals surface area (Å²) in [4.78, 5) is 7.14. The van der Waals surface area contributed by atoms with E-state index in [-0.39, 0.29) is 0 Å². The van der Waals surface area contributed by atoms with E-state index in [1.807, 2.05) is 5.51 Å². The van der Waals surface area contributed by atoms with Crippen molar-refractivity contribution in [3.63, 3.8) is 0 Å². The molecule has 1 unspecified atom stereocenters. The van der Waals surface area contributed by atoms with Crippen LogP contribution in [0.4, 0.5) is 0 Å². The quantitative estimate of drug-likeness (QED) is 0.930. The van der Waals surface area contributed by atoms with E-state index in [9.17, 15) is 0 Å². The van der Waals surface area contributed by atoms with Crippen molar-refractivity contribution in [2.24, 2.45) is 0 Å². The van der Waals surface area contributed by atoms with Gasteiger partial charge in [0.2, 0.25) is 0 Å². The summed E-state index contributed by atoms with van der Waals surface area (Å²) in [7, 11) is 0. The fourth-order valence-corrected chi connectivity index (χ4v) is 4.00. The first-order valence-electron chi connectivity index (χ1n) is 8.05. The highest BCUT2D eigenvalue weighted by Crippen LogP contribution is 2.29. The summed E-state index contributed by atoms with van der Waals surface area (Å²) < 4.78 is 1.28. The van der Waals surface area contributed by atoms with Gasteiger partial charge in [0.05, 0.1) is 15.7 Å². The third-order valence-corrected chi connectivity index (χ3v) is 5.65. The lowest BCUT2D eigenvalue weighted by Crippen LogP contribution is -2.56. The minimum atomic E-state index is 0.456. The summed E-state index contributed by atoms with van der Waals surface area (Å²) in [5.74, 6) is 0. The van der Waals surface area contributed by atoms with Crippen LogP contribution in [-0.2, 0) is 0 Å². The van der Waals surface area contributed by atoms with Gasteiger partial charge in [-0.05, 0) is 37.5 Å². The first-order chi connectivity index (χ1) is 10.2. The van der Waals surface area contributed by atoms with Crippen LogP contribution in [0.1, 0.15) is 45.2 Å². The number of hydrogen-bond acceptors (Lipinski definition) is 4. The molecule has 2 aromatic rings. The van der Waals surface area contributed by atoms with Crippen molar-refractivity contribution in [2.45, 2.75) is 51.7 Å². The van der Waals surface area contributed by atoms with Crippen molar-refractivity contribution in [1.82, 2.24) is 15.2 Å². The van der Waals surface area contributed by atoms with E-state index >= 15 is 0 Å². The Labute approximate surface area is 131 Å². The van der Waals surface area contributed by atoms with E-state index in [0.29, 0.717) is 18.1 Å². The van der Waals surface area contributed by atoms with E-state index in [1.54, 1.807) is 11.3 Å². The van der Waals surface area contributed by atoms with E-state index in [4.69, 9.17) is 0 Å². The SMILES string of the molecule is CC[C@H]1CN(C(C)c2ccc3scnc3c2)[C@H](CC)CN1. The Bertz CT molecular complexity index is 594. The van der Waals surface area contributed by atoms with Gasteiger partial charge in [0.1, 0.15) is 0 Å². The second-order valence-corrected chi connectivity index (χ2v) is 6.91. The standard InChI is InChI=1S/C17H25N3S/c1-4-14-10-20(15(5-2)9-18-14)12(3)13-6-7-17-16(8-13)19-11-21-17/h6-8,11-12,14-15,18H,4-5,9-10H2,1-3H3/t12?,14-,15+/m0/s1. The number of nitrogens with zero attached hydrogens (tertiary/aromatic N) is 2. The molecule has 1 aliphatic heterocycles. The maximum Gasteiger partial charge on any atom is 0.0815 e. The number of piperazine rings is 1. The Kier molecular flexibility index (Phi) is 4.57. The van der Waals surface area contributed by atoms with Crippen LogP contribution in [0, 0.1) is 0 Å². The van der Waals surface area contributed by atoms with Crippen molar-refractivity contribution < 1.29 is 0 Å². The lowest BCUT2D eigenvalue weighted by molar-refractivity contribution is 0.0851. The second-order valence-electron chi connectivity index (χ2n) is 6.03. The molecule has 114 valence electrons. The molecule has 1 aliphatic rings. The van der Waals surface area contributed by atoms with Gasteiger partial charge in [0, 0.05) is 31.2 Å². The van der Waals surface area contributed by atoms with Crippen molar-refractivity contribution >= 4 is 21.6 Å². The van der Waals surface area contributed by atoms with Crippen LogP contribution in [0.5, 0.6) is 0 Å². The van der Waals surface area contributed by atoms with Gasteiger partial charge in [0.25, 0.3) is 0 Å². The van der Waals surface area contributed by atoms with Gasteiger partial charge in [-0.15, -0.1) is 11.3 Å². The number of aromatic nitrogens is 1. The molecule has 0 bridgehead atoms. The van der Waals surface area contributed by atoms with Crippen LogP contribution in [0.2, 0.25) is 0 Å². The number of nitrogens with one attached hydrogen (secondary N) is 1. The molecule has 1 fully saturated rings. The molecular weight excluding hydrogens is 278 g/mol. The molecule has 4 heteroatoms. The molecule has 1 aromatic carbocycles. The summed E-state index contributed by atoms with van der Waals surface area (Å²) in [5.41, 5.74) is 4.47. The minimum Gasteiger partial charge on any atom is -0.311 e. The van der Waals surface area contributed by atoms with Crippen molar-refractivity contribution in [3.8, 4) is 0 Å². The van der Waals surface area contributed by atoms with Crippen LogP contribution in [0.25, 0.3) is 10.2 Å². The highest BCUT2D eigenvalue weighted by Gasteiger charge is 2.29. The smallest absolute Gasteiger partial charge is 0.0815 e. The highest BCUT2D eigenvalue weighted by atomic mass is 32.1. The molecule has 21 heavy (non-hydrogen) atoms.